The van der Waals surface area contributed by atoms with E-state index < -0.39 is 10.0 Å². The van der Waals surface area contributed by atoms with Crippen molar-refractivity contribution in [1.82, 2.24) is 9.62 Å². The summed E-state index contributed by atoms with van der Waals surface area (Å²) in [6.45, 7) is 2.19. The summed E-state index contributed by atoms with van der Waals surface area (Å²) in [5.74, 6) is -0.310. The molecular weight excluding hydrogens is 320 g/mol. The Morgan fingerprint density at radius 3 is 2.50 bits per heavy atom. The normalized spacial score (nSPS) is 11.5. The highest BCUT2D eigenvalue weighted by Crippen LogP contribution is 2.14. The third-order valence-electron chi connectivity index (χ3n) is 3.09. The van der Waals surface area contributed by atoms with Crippen LogP contribution in [0.15, 0.2) is 52.7 Å². The number of sulfonamides is 1. The van der Waals surface area contributed by atoms with E-state index in [4.69, 9.17) is 0 Å². The lowest BCUT2D eigenvalue weighted by atomic mass is 10.4. The van der Waals surface area contributed by atoms with Gasteiger partial charge < -0.3 is 5.32 Å². The van der Waals surface area contributed by atoms with Crippen LogP contribution in [-0.2, 0) is 21.4 Å². The van der Waals surface area contributed by atoms with Gasteiger partial charge in [-0.1, -0.05) is 31.2 Å². The van der Waals surface area contributed by atoms with Crippen LogP contribution in [-0.4, -0.2) is 31.7 Å². The zero-order valence-corrected chi connectivity index (χ0v) is 13.9. The summed E-state index contributed by atoms with van der Waals surface area (Å²) in [5.41, 5.74) is 0. The molecule has 0 bridgehead atoms. The number of likely N-dealkylation sites (N-methyl/N-ethyl adjacent to an activating group) is 1. The van der Waals surface area contributed by atoms with Gasteiger partial charge in [-0.2, -0.15) is 4.31 Å². The summed E-state index contributed by atoms with van der Waals surface area (Å²) in [7, 11) is -3.64. The van der Waals surface area contributed by atoms with Crippen molar-refractivity contribution in [2.24, 2.45) is 0 Å². The minimum Gasteiger partial charge on any atom is -0.350 e. The van der Waals surface area contributed by atoms with E-state index in [1.54, 1.807) is 36.5 Å². The Morgan fingerprint density at radius 1 is 1.18 bits per heavy atom. The molecule has 118 valence electrons. The minimum absolute atomic E-state index is 0.181. The summed E-state index contributed by atoms with van der Waals surface area (Å²) in [6, 6.07) is 12.0. The zero-order chi connectivity index (χ0) is 16.0. The predicted molar refractivity (Wildman–Crippen MR) is 87.0 cm³/mol. The van der Waals surface area contributed by atoms with Gasteiger partial charge in [0.2, 0.25) is 15.9 Å². The van der Waals surface area contributed by atoms with Crippen molar-refractivity contribution in [3.63, 3.8) is 0 Å². The number of nitrogens with one attached hydrogen (secondary N) is 1. The fourth-order valence-electron chi connectivity index (χ4n) is 1.92. The fraction of sp³-hybridized carbons (Fsp3) is 0.267. The monoisotopic (exact) mass is 338 g/mol. The molecular formula is C15H18N2O3S2. The molecule has 0 saturated carbocycles. The summed E-state index contributed by atoms with van der Waals surface area (Å²) in [6.07, 6.45) is 0. The van der Waals surface area contributed by atoms with Gasteiger partial charge in [0.05, 0.1) is 18.0 Å². The van der Waals surface area contributed by atoms with E-state index in [2.05, 4.69) is 5.32 Å². The van der Waals surface area contributed by atoms with Gasteiger partial charge in [0, 0.05) is 11.4 Å². The van der Waals surface area contributed by atoms with Crippen LogP contribution in [0.3, 0.4) is 0 Å². The number of benzene rings is 1. The highest BCUT2D eigenvalue weighted by molar-refractivity contribution is 7.89. The Hall–Kier alpha value is -1.70. The molecule has 0 unspecified atom stereocenters. The number of thiophene rings is 1. The van der Waals surface area contributed by atoms with Gasteiger partial charge in [0.1, 0.15) is 0 Å². The topological polar surface area (TPSA) is 66.5 Å². The van der Waals surface area contributed by atoms with Crippen LogP contribution in [0.1, 0.15) is 11.8 Å². The Bertz CT molecular complexity index is 698. The van der Waals surface area contributed by atoms with Gasteiger partial charge in [-0.25, -0.2) is 8.42 Å². The molecule has 0 spiro atoms. The lowest BCUT2D eigenvalue weighted by molar-refractivity contribution is -0.121. The molecule has 1 aromatic carbocycles. The average Bonchev–Trinajstić information content (AvgIpc) is 3.04. The Morgan fingerprint density at radius 2 is 1.91 bits per heavy atom. The summed E-state index contributed by atoms with van der Waals surface area (Å²) in [5, 5.41) is 4.67. The zero-order valence-electron chi connectivity index (χ0n) is 12.2. The van der Waals surface area contributed by atoms with E-state index in [9.17, 15) is 13.2 Å². The second-order valence-electron chi connectivity index (χ2n) is 4.60. The molecule has 0 aliphatic rings. The van der Waals surface area contributed by atoms with Gasteiger partial charge >= 0.3 is 0 Å². The SMILES string of the molecule is CCN(CC(=O)NCc1cccs1)S(=O)(=O)c1ccccc1. The number of hydrogen-bond donors (Lipinski definition) is 1. The van der Waals surface area contributed by atoms with Gasteiger partial charge in [0.25, 0.3) is 0 Å². The Labute approximate surface area is 134 Å². The standard InChI is InChI=1S/C15H18N2O3S2/c1-2-17(22(19,20)14-8-4-3-5-9-14)12-15(18)16-11-13-7-6-10-21-13/h3-10H,2,11-12H2,1H3,(H,16,18). The van der Waals surface area contributed by atoms with E-state index in [1.165, 1.54) is 16.4 Å². The fourth-order valence-corrected chi connectivity index (χ4v) is 3.99. The van der Waals surface area contributed by atoms with E-state index in [-0.39, 0.29) is 23.9 Å². The summed E-state index contributed by atoms with van der Waals surface area (Å²) >= 11 is 1.55. The van der Waals surface area contributed by atoms with E-state index in [0.29, 0.717) is 6.54 Å². The first kappa shape index (κ1) is 16.7. The van der Waals surface area contributed by atoms with Gasteiger partial charge in [-0.15, -0.1) is 11.3 Å². The first-order chi connectivity index (χ1) is 10.5. The molecule has 1 amide bonds. The maximum absolute atomic E-state index is 12.5. The number of carbonyl (C=O) groups excluding carboxylic acids is 1. The van der Waals surface area contributed by atoms with Crippen LogP contribution in [0, 0.1) is 0 Å². The van der Waals surface area contributed by atoms with Crippen molar-refractivity contribution in [3.8, 4) is 0 Å². The second kappa shape index (κ2) is 7.53. The molecule has 2 rings (SSSR count). The lowest BCUT2D eigenvalue weighted by Gasteiger charge is -2.20. The molecule has 5 nitrogen and oxygen atoms in total. The number of rotatable bonds is 7. The van der Waals surface area contributed by atoms with Crippen molar-refractivity contribution in [2.75, 3.05) is 13.1 Å². The largest absolute Gasteiger partial charge is 0.350 e. The van der Waals surface area contributed by atoms with E-state index in [1.807, 2.05) is 17.5 Å². The second-order valence-corrected chi connectivity index (χ2v) is 7.57. The average molecular weight is 338 g/mol. The Kier molecular flexibility index (Phi) is 5.70. The van der Waals surface area contributed by atoms with Crippen LogP contribution in [0.4, 0.5) is 0 Å². The molecule has 0 fully saturated rings. The maximum atomic E-state index is 12.5. The molecule has 0 aliphatic carbocycles. The molecule has 0 aliphatic heterocycles. The first-order valence-electron chi connectivity index (χ1n) is 6.88. The molecule has 22 heavy (non-hydrogen) atoms. The first-order valence-corrected chi connectivity index (χ1v) is 9.20. The predicted octanol–water partition coefficient (Wildman–Crippen LogP) is 2.08. The molecule has 0 saturated heterocycles. The maximum Gasteiger partial charge on any atom is 0.243 e. The quantitative estimate of drug-likeness (QED) is 0.840. The molecule has 0 atom stereocenters. The van der Waals surface area contributed by atoms with Crippen molar-refractivity contribution >= 4 is 27.3 Å². The number of carbonyl (C=O) groups is 1. The molecule has 1 aromatic heterocycles. The van der Waals surface area contributed by atoms with Gasteiger partial charge in [-0.05, 0) is 23.6 Å². The van der Waals surface area contributed by atoms with Crippen LogP contribution in [0.5, 0.6) is 0 Å². The van der Waals surface area contributed by atoms with Gasteiger partial charge in [0.15, 0.2) is 0 Å². The minimum atomic E-state index is -3.64. The third-order valence-corrected chi connectivity index (χ3v) is 5.90. The third kappa shape index (κ3) is 4.16. The number of nitrogens with zero attached hydrogens (tertiary/aromatic N) is 1. The Balaban J connectivity index is 2.01. The molecule has 1 heterocycles. The van der Waals surface area contributed by atoms with E-state index in [0.717, 1.165) is 4.88 Å². The molecule has 2 aromatic rings. The highest BCUT2D eigenvalue weighted by Gasteiger charge is 2.24. The number of amides is 1. The molecule has 7 heteroatoms. The van der Waals surface area contributed by atoms with Crippen LogP contribution in [0.25, 0.3) is 0 Å². The molecule has 0 radical (unpaired) electrons. The van der Waals surface area contributed by atoms with Crippen LogP contribution in [0.2, 0.25) is 0 Å². The van der Waals surface area contributed by atoms with Crippen molar-refractivity contribution in [1.29, 1.82) is 0 Å². The summed E-state index contributed by atoms with van der Waals surface area (Å²) < 4.78 is 26.1. The smallest absolute Gasteiger partial charge is 0.243 e. The van der Waals surface area contributed by atoms with Crippen molar-refractivity contribution < 1.29 is 13.2 Å². The lowest BCUT2D eigenvalue weighted by Crippen LogP contribution is -2.40. The van der Waals surface area contributed by atoms with Crippen LogP contribution >= 0.6 is 11.3 Å². The number of hydrogen-bond acceptors (Lipinski definition) is 4. The van der Waals surface area contributed by atoms with Crippen molar-refractivity contribution in [2.45, 2.75) is 18.4 Å². The molecule has 1 N–H and O–H groups in total. The van der Waals surface area contributed by atoms with Crippen molar-refractivity contribution in [3.05, 3.63) is 52.7 Å². The summed E-state index contributed by atoms with van der Waals surface area (Å²) in [4.78, 5) is 13.2. The van der Waals surface area contributed by atoms with Gasteiger partial charge in [-0.3, -0.25) is 4.79 Å². The highest BCUT2D eigenvalue weighted by atomic mass is 32.2. The van der Waals surface area contributed by atoms with E-state index >= 15 is 0 Å². The van der Waals surface area contributed by atoms with Crippen LogP contribution < -0.4 is 5.32 Å².